The van der Waals surface area contributed by atoms with Gasteiger partial charge in [0.2, 0.25) is 0 Å². The maximum absolute atomic E-state index is 13.3. The lowest BCUT2D eigenvalue weighted by atomic mass is 10.0. The number of nitrogens with zero attached hydrogens (tertiary/aromatic N) is 2. The van der Waals surface area contributed by atoms with Crippen molar-refractivity contribution in [1.29, 1.82) is 0 Å². The van der Waals surface area contributed by atoms with Gasteiger partial charge in [0.05, 0.1) is 22.3 Å². The number of hydrogen-bond donors (Lipinski definition) is 1. The minimum Gasteiger partial charge on any atom is -0.335 e. The second-order valence-electron chi connectivity index (χ2n) is 6.28. The van der Waals surface area contributed by atoms with Gasteiger partial charge in [-0.2, -0.15) is 0 Å². The van der Waals surface area contributed by atoms with Gasteiger partial charge in [0.25, 0.3) is 11.6 Å². The van der Waals surface area contributed by atoms with Gasteiger partial charge in [0.15, 0.2) is 0 Å². The van der Waals surface area contributed by atoms with Crippen molar-refractivity contribution in [2.45, 2.75) is 13.8 Å². The molecule has 0 aliphatic rings. The highest BCUT2D eigenvalue weighted by Gasteiger charge is 2.20. The number of anilines is 1. The zero-order valence-electron chi connectivity index (χ0n) is 14.8. The molecule has 0 radical (unpaired) electrons. The van der Waals surface area contributed by atoms with Crippen LogP contribution in [0, 0.1) is 19.7 Å². The number of aryl methyl sites for hydroxylation is 2. The first-order valence-corrected chi connectivity index (χ1v) is 8.43. The molecule has 2 heterocycles. The number of hydrogen-bond acceptors (Lipinski definition) is 4. The van der Waals surface area contributed by atoms with Crippen molar-refractivity contribution in [1.82, 2.24) is 10.1 Å². The maximum Gasteiger partial charge on any atom is 0.259 e. The third-order valence-corrected chi connectivity index (χ3v) is 4.37. The maximum atomic E-state index is 13.3. The third kappa shape index (κ3) is 3.17. The molecule has 0 spiro atoms. The van der Waals surface area contributed by atoms with Crippen molar-refractivity contribution in [3.05, 3.63) is 77.2 Å². The SMILES string of the molecule is Cc1cc(F)ccc1NC(=O)c1cc(-c2ccccc2)nc2onc(C)c12. The summed E-state index contributed by atoms with van der Waals surface area (Å²) in [6.45, 7) is 3.50. The molecule has 4 aromatic rings. The summed E-state index contributed by atoms with van der Waals surface area (Å²) in [5, 5.41) is 7.34. The molecule has 134 valence electrons. The van der Waals surface area contributed by atoms with Crippen LogP contribution in [-0.2, 0) is 0 Å². The number of benzene rings is 2. The molecule has 0 unspecified atom stereocenters. The van der Waals surface area contributed by atoms with E-state index in [9.17, 15) is 9.18 Å². The van der Waals surface area contributed by atoms with Crippen molar-refractivity contribution in [2.24, 2.45) is 0 Å². The first-order valence-electron chi connectivity index (χ1n) is 8.43. The molecule has 6 heteroatoms. The smallest absolute Gasteiger partial charge is 0.259 e. The monoisotopic (exact) mass is 361 g/mol. The van der Waals surface area contributed by atoms with E-state index < -0.39 is 0 Å². The van der Waals surface area contributed by atoms with Gasteiger partial charge in [0.1, 0.15) is 5.82 Å². The van der Waals surface area contributed by atoms with Crippen molar-refractivity contribution in [3.63, 3.8) is 0 Å². The molecule has 0 saturated carbocycles. The first-order chi connectivity index (χ1) is 13.0. The van der Waals surface area contributed by atoms with Gasteiger partial charge >= 0.3 is 0 Å². The van der Waals surface area contributed by atoms with Crippen LogP contribution in [0.5, 0.6) is 0 Å². The van der Waals surface area contributed by atoms with Gasteiger partial charge in [-0.25, -0.2) is 9.37 Å². The van der Waals surface area contributed by atoms with E-state index >= 15 is 0 Å². The Kier molecular flexibility index (Phi) is 4.16. The largest absolute Gasteiger partial charge is 0.335 e. The van der Waals surface area contributed by atoms with E-state index in [1.54, 1.807) is 26.0 Å². The fourth-order valence-electron chi connectivity index (χ4n) is 2.99. The number of pyridine rings is 1. The van der Waals surface area contributed by atoms with Crippen LogP contribution < -0.4 is 5.32 Å². The van der Waals surface area contributed by atoms with Crippen molar-refractivity contribution in [2.75, 3.05) is 5.32 Å². The number of amides is 1. The molecular weight excluding hydrogens is 345 g/mol. The van der Waals surface area contributed by atoms with Crippen LogP contribution in [0.3, 0.4) is 0 Å². The molecule has 4 rings (SSSR count). The lowest BCUT2D eigenvalue weighted by Gasteiger charge is -2.10. The summed E-state index contributed by atoms with van der Waals surface area (Å²) < 4.78 is 18.6. The Morgan fingerprint density at radius 2 is 1.85 bits per heavy atom. The molecule has 2 aromatic carbocycles. The zero-order chi connectivity index (χ0) is 19.0. The summed E-state index contributed by atoms with van der Waals surface area (Å²) in [7, 11) is 0. The number of halogens is 1. The molecule has 5 nitrogen and oxygen atoms in total. The molecule has 0 aliphatic heterocycles. The Labute approximate surface area is 154 Å². The summed E-state index contributed by atoms with van der Waals surface area (Å²) in [5.41, 5.74) is 3.94. The van der Waals surface area contributed by atoms with Gasteiger partial charge in [-0.1, -0.05) is 35.5 Å². The van der Waals surface area contributed by atoms with Crippen molar-refractivity contribution < 1.29 is 13.7 Å². The normalized spacial score (nSPS) is 10.9. The predicted octanol–water partition coefficient (Wildman–Crippen LogP) is 4.90. The summed E-state index contributed by atoms with van der Waals surface area (Å²) in [6, 6.07) is 15.5. The van der Waals surface area contributed by atoms with Crippen LogP contribution in [0.4, 0.5) is 10.1 Å². The molecular formula is C21H16FN3O2. The number of carbonyl (C=O) groups is 1. The number of aromatic nitrogens is 2. The lowest BCUT2D eigenvalue weighted by Crippen LogP contribution is -2.14. The molecule has 27 heavy (non-hydrogen) atoms. The molecule has 0 aliphatic carbocycles. The number of fused-ring (bicyclic) bond motifs is 1. The average molecular weight is 361 g/mol. The first kappa shape index (κ1) is 16.9. The van der Waals surface area contributed by atoms with Crippen molar-refractivity contribution >= 4 is 22.7 Å². The highest BCUT2D eigenvalue weighted by atomic mass is 19.1. The van der Waals surface area contributed by atoms with Crippen LogP contribution in [0.2, 0.25) is 0 Å². The van der Waals surface area contributed by atoms with Crippen LogP contribution in [0.25, 0.3) is 22.4 Å². The standard InChI is InChI=1S/C21H16FN3O2/c1-12-10-15(22)8-9-17(12)23-20(26)16-11-18(14-6-4-3-5-7-14)24-21-19(16)13(2)25-27-21/h3-11H,1-2H3,(H,23,26). The fourth-order valence-corrected chi connectivity index (χ4v) is 2.99. The number of rotatable bonds is 3. The van der Waals surface area contributed by atoms with Crippen LogP contribution in [0.1, 0.15) is 21.6 Å². The fraction of sp³-hybridized carbons (Fsp3) is 0.0952. The Morgan fingerprint density at radius 3 is 2.59 bits per heavy atom. The van der Waals surface area contributed by atoms with Gasteiger partial charge in [0, 0.05) is 11.3 Å². The van der Waals surface area contributed by atoms with E-state index in [1.165, 1.54) is 12.1 Å². The van der Waals surface area contributed by atoms with E-state index in [2.05, 4.69) is 15.5 Å². The van der Waals surface area contributed by atoms with E-state index in [1.807, 2.05) is 30.3 Å². The summed E-state index contributed by atoms with van der Waals surface area (Å²) in [5.74, 6) is -0.682. The minimum absolute atomic E-state index is 0.301. The van der Waals surface area contributed by atoms with Gasteiger partial charge in [-0.15, -0.1) is 0 Å². The lowest BCUT2D eigenvalue weighted by molar-refractivity contribution is 0.102. The molecule has 0 fully saturated rings. The summed E-state index contributed by atoms with van der Waals surface area (Å²) in [4.78, 5) is 17.5. The van der Waals surface area contributed by atoms with Crippen LogP contribution in [0.15, 0.2) is 59.1 Å². The average Bonchev–Trinajstić information content (AvgIpc) is 3.05. The van der Waals surface area contributed by atoms with Gasteiger partial charge in [-0.05, 0) is 43.7 Å². The number of nitrogens with one attached hydrogen (secondary N) is 1. The second kappa shape index (κ2) is 6.64. The van der Waals surface area contributed by atoms with E-state index in [-0.39, 0.29) is 11.7 Å². The minimum atomic E-state index is -0.349. The predicted molar refractivity (Wildman–Crippen MR) is 101 cm³/mol. The Morgan fingerprint density at radius 1 is 1.07 bits per heavy atom. The zero-order valence-corrected chi connectivity index (χ0v) is 14.8. The molecule has 0 saturated heterocycles. The highest BCUT2D eigenvalue weighted by molar-refractivity contribution is 6.13. The summed E-state index contributed by atoms with van der Waals surface area (Å²) in [6.07, 6.45) is 0. The van der Waals surface area contributed by atoms with E-state index in [4.69, 9.17) is 4.52 Å². The molecule has 1 N–H and O–H groups in total. The van der Waals surface area contributed by atoms with Gasteiger partial charge < -0.3 is 9.84 Å². The quantitative estimate of drug-likeness (QED) is 0.564. The molecule has 0 atom stereocenters. The Hall–Kier alpha value is -3.54. The van der Waals surface area contributed by atoms with Gasteiger partial charge in [-0.3, -0.25) is 4.79 Å². The summed E-state index contributed by atoms with van der Waals surface area (Å²) >= 11 is 0. The molecule has 2 aromatic heterocycles. The molecule has 1 amide bonds. The van der Waals surface area contributed by atoms with E-state index in [0.717, 1.165) is 5.56 Å². The van der Waals surface area contributed by atoms with Crippen LogP contribution >= 0.6 is 0 Å². The van der Waals surface area contributed by atoms with E-state index in [0.29, 0.717) is 39.3 Å². The second-order valence-corrected chi connectivity index (χ2v) is 6.28. The Balaban J connectivity index is 1.81. The molecule has 0 bridgehead atoms. The highest BCUT2D eigenvalue weighted by Crippen LogP contribution is 2.28. The van der Waals surface area contributed by atoms with Crippen LogP contribution in [-0.4, -0.2) is 16.0 Å². The third-order valence-electron chi connectivity index (χ3n) is 4.37. The Bertz CT molecular complexity index is 1150. The van der Waals surface area contributed by atoms with Crippen molar-refractivity contribution in [3.8, 4) is 11.3 Å². The topological polar surface area (TPSA) is 68.0 Å². The number of carbonyl (C=O) groups excluding carboxylic acids is 1.